The standard InChI is InChI=1S/C24H25Br2ClN2O4/c1-24(2,3)33-23(32)15-4-7-18(25)20(12-15)28-21(30)22(31)29-10-8-14(9-11-29)17-6-5-16(27)13-19(17)26/h4-7,12-14H,8-11H2,1-3H3,(H,28,30). The average Bonchev–Trinajstić information content (AvgIpc) is 2.73. The molecule has 0 saturated carbocycles. The highest BCUT2D eigenvalue weighted by Gasteiger charge is 2.29. The number of benzene rings is 2. The van der Waals surface area contributed by atoms with Gasteiger partial charge in [0.2, 0.25) is 0 Å². The van der Waals surface area contributed by atoms with Crippen molar-refractivity contribution in [3.05, 3.63) is 61.5 Å². The van der Waals surface area contributed by atoms with Crippen molar-refractivity contribution >= 4 is 66.9 Å². The maximum atomic E-state index is 12.8. The third kappa shape index (κ3) is 6.80. The molecule has 0 bridgehead atoms. The molecule has 3 rings (SSSR count). The number of rotatable bonds is 3. The fraction of sp³-hybridized carbons (Fsp3) is 0.375. The van der Waals surface area contributed by atoms with Gasteiger partial charge in [0.25, 0.3) is 0 Å². The first-order valence-corrected chi connectivity index (χ1v) is 12.5. The zero-order valence-corrected chi connectivity index (χ0v) is 22.5. The summed E-state index contributed by atoms with van der Waals surface area (Å²) in [6, 6.07) is 10.4. The van der Waals surface area contributed by atoms with E-state index in [1.165, 1.54) is 6.07 Å². The van der Waals surface area contributed by atoms with Gasteiger partial charge in [-0.25, -0.2) is 4.79 Å². The van der Waals surface area contributed by atoms with Gasteiger partial charge < -0.3 is 15.0 Å². The summed E-state index contributed by atoms with van der Waals surface area (Å²) in [5, 5.41) is 3.28. The van der Waals surface area contributed by atoms with E-state index in [0.29, 0.717) is 28.3 Å². The van der Waals surface area contributed by atoms with E-state index in [0.717, 1.165) is 22.9 Å². The topological polar surface area (TPSA) is 75.7 Å². The van der Waals surface area contributed by atoms with Crippen LogP contribution in [-0.2, 0) is 14.3 Å². The normalized spacial score (nSPS) is 14.7. The molecule has 1 heterocycles. The summed E-state index contributed by atoms with van der Waals surface area (Å²) in [6.45, 7) is 6.29. The van der Waals surface area contributed by atoms with Gasteiger partial charge in [-0.2, -0.15) is 0 Å². The molecule has 2 aromatic carbocycles. The van der Waals surface area contributed by atoms with E-state index in [4.69, 9.17) is 16.3 Å². The molecule has 9 heteroatoms. The van der Waals surface area contributed by atoms with Crippen molar-refractivity contribution in [2.75, 3.05) is 18.4 Å². The Kier molecular flexibility index (Phi) is 8.24. The largest absolute Gasteiger partial charge is 0.456 e. The Balaban J connectivity index is 1.62. The van der Waals surface area contributed by atoms with Crippen molar-refractivity contribution in [3.8, 4) is 0 Å². The maximum absolute atomic E-state index is 12.8. The number of nitrogens with one attached hydrogen (secondary N) is 1. The molecule has 1 aliphatic heterocycles. The lowest BCUT2D eigenvalue weighted by Gasteiger charge is -2.32. The Bertz CT molecular complexity index is 1080. The van der Waals surface area contributed by atoms with Crippen molar-refractivity contribution in [2.24, 2.45) is 0 Å². The highest BCUT2D eigenvalue weighted by atomic mass is 79.9. The van der Waals surface area contributed by atoms with Crippen LogP contribution in [0.1, 0.15) is 55.5 Å². The highest BCUT2D eigenvalue weighted by molar-refractivity contribution is 9.11. The van der Waals surface area contributed by atoms with Crippen molar-refractivity contribution in [3.63, 3.8) is 0 Å². The molecule has 0 spiro atoms. The Morgan fingerprint density at radius 3 is 2.30 bits per heavy atom. The lowest BCUT2D eigenvalue weighted by Crippen LogP contribution is -2.43. The first-order chi connectivity index (χ1) is 15.4. The summed E-state index contributed by atoms with van der Waals surface area (Å²) in [7, 11) is 0. The van der Waals surface area contributed by atoms with Crippen LogP contribution in [0.3, 0.4) is 0 Å². The summed E-state index contributed by atoms with van der Waals surface area (Å²) in [6.07, 6.45) is 1.49. The second-order valence-corrected chi connectivity index (χ2v) is 11.0. The molecule has 0 aromatic heterocycles. The molecule has 0 radical (unpaired) electrons. The van der Waals surface area contributed by atoms with E-state index >= 15 is 0 Å². The molecule has 33 heavy (non-hydrogen) atoms. The molecule has 1 N–H and O–H groups in total. The number of amides is 2. The molecule has 176 valence electrons. The van der Waals surface area contributed by atoms with Gasteiger partial charge in [-0.1, -0.05) is 33.6 Å². The van der Waals surface area contributed by atoms with Crippen LogP contribution in [0.2, 0.25) is 5.02 Å². The molecule has 0 unspecified atom stereocenters. The first-order valence-electron chi connectivity index (χ1n) is 10.5. The van der Waals surface area contributed by atoms with Gasteiger partial charge in [0.1, 0.15) is 5.60 Å². The van der Waals surface area contributed by atoms with Crippen LogP contribution in [0.4, 0.5) is 5.69 Å². The number of carbonyl (C=O) groups excluding carboxylic acids is 3. The molecule has 6 nitrogen and oxygen atoms in total. The van der Waals surface area contributed by atoms with E-state index in [-0.39, 0.29) is 11.5 Å². The summed E-state index contributed by atoms with van der Waals surface area (Å²) in [4.78, 5) is 39.3. The summed E-state index contributed by atoms with van der Waals surface area (Å²) in [5.74, 6) is -1.57. The van der Waals surface area contributed by atoms with Crippen LogP contribution < -0.4 is 5.32 Å². The van der Waals surface area contributed by atoms with Gasteiger partial charge >= 0.3 is 17.8 Å². The number of hydrogen-bond donors (Lipinski definition) is 1. The number of likely N-dealkylation sites (tertiary alicyclic amines) is 1. The molecule has 0 atom stereocenters. The van der Waals surface area contributed by atoms with Gasteiger partial charge in [0.15, 0.2) is 0 Å². The van der Waals surface area contributed by atoms with E-state index in [1.807, 2.05) is 18.2 Å². The number of anilines is 1. The third-order valence-electron chi connectivity index (χ3n) is 5.23. The molecular formula is C24H25Br2ClN2O4. The zero-order valence-electron chi connectivity index (χ0n) is 18.6. The van der Waals surface area contributed by atoms with Gasteiger partial charge in [-0.3, -0.25) is 9.59 Å². The number of ether oxygens (including phenoxy) is 1. The molecule has 1 fully saturated rings. The summed E-state index contributed by atoms with van der Waals surface area (Å²) < 4.78 is 6.88. The lowest BCUT2D eigenvalue weighted by molar-refractivity contribution is -0.143. The Morgan fingerprint density at radius 2 is 1.70 bits per heavy atom. The van der Waals surface area contributed by atoms with Crippen LogP contribution in [0.5, 0.6) is 0 Å². The quantitative estimate of drug-likeness (QED) is 0.338. The minimum absolute atomic E-state index is 0.281. The molecule has 0 aliphatic carbocycles. The zero-order chi connectivity index (χ0) is 24.3. The minimum Gasteiger partial charge on any atom is -0.456 e. The lowest BCUT2D eigenvalue weighted by atomic mass is 9.89. The number of piperidine rings is 1. The number of carbonyl (C=O) groups is 3. The smallest absolute Gasteiger partial charge is 0.338 e. The summed E-state index contributed by atoms with van der Waals surface area (Å²) in [5.41, 5.74) is 1.12. The molecule has 2 aromatic rings. The first kappa shape index (κ1) is 25.7. The second-order valence-electron chi connectivity index (χ2n) is 8.88. The van der Waals surface area contributed by atoms with Crippen molar-refractivity contribution < 1.29 is 19.1 Å². The van der Waals surface area contributed by atoms with Gasteiger partial charge in [0, 0.05) is 27.1 Å². The Morgan fingerprint density at radius 1 is 1.03 bits per heavy atom. The fourth-order valence-electron chi connectivity index (χ4n) is 3.63. The van der Waals surface area contributed by atoms with Gasteiger partial charge in [-0.05, 0) is 91.4 Å². The van der Waals surface area contributed by atoms with E-state index in [2.05, 4.69) is 37.2 Å². The predicted molar refractivity (Wildman–Crippen MR) is 136 cm³/mol. The number of esters is 1. The fourth-order valence-corrected chi connectivity index (χ4v) is 4.98. The molecular weight excluding hydrogens is 576 g/mol. The predicted octanol–water partition coefficient (Wildman–Crippen LogP) is 6.17. The highest BCUT2D eigenvalue weighted by Crippen LogP contribution is 2.34. The number of halogens is 3. The monoisotopic (exact) mass is 598 g/mol. The van der Waals surface area contributed by atoms with Crippen LogP contribution in [0, 0.1) is 0 Å². The summed E-state index contributed by atoms with van der Waals surface area (Å²) >= 11 is 12.9. The van der Waals surface area contributed by atoms with E-state index < -0.39 is 23.4 Å². The Hall–Kier alpha value is -1.90. The van der Waals surface area contributed by atoms with Crippen molar-refractivity contribution in [1.82, 2.24) is 4.90 Å². The third-order valence-corrected chi connectivity index (χ3v) is 6.84. The van der Waals surface area contributed by atoms with E-state index in [1.54, 1.807) is 37.8 Å². The van der Waals surface area contributed by atoms with Gasteiger partial charge in [-0.15, -0.1) is 0 Å². The van der Waals surface area contributed by atoms with Crippen LogP contribution in [-0.4, -0.2) is 41.4 Å². The average molecular weight is 601 g/mol. The molecule has 1 aliphatic rings. The second kappa shape index (κ2) is 10.6. The SMILES string of the molecule is CC(C)(C)OC(=O)c1ccc(Br)c(NC(=O)C(=O)N2CCC(c3ccc(Cl)cc3Br)CC2)c1. The molecule has 2 amide bonds. The number of nitrogens with zero attached hydrogens (tertiary/aromatic N) is 1. The van der Waals surface area contributed by atoms with Crippen LogP contribution >= 0.6 is 43.5 Å². The van der Waals surface area contributed by atoms with Crippen LogP contribution in [0.25, 0.3) is 0 Å². The van der Waals surface area contributed by atoms with E-state index in [9.17, 15) is 14.4 Å². The maximum Gasteiger partial charge on any atom is 0.338 e. The minimum atomic E-state index is -0.747. The van der Waals surface area contributed by atoms with Crippen LogP contribution in [0.15, 0.2) is 45.3 Å². The van der Waals surface area contributed by atoms with Gasteiger partial charge in [0.05, 0.1) is 11.3 Å². The molecule has 1 saturated heterocycles. The van der Waals surface area contributed by atoms with Crippen molar-refractivity contribution in [2.45, 2.75) is 45.1 Å². The van der Waals surface area contributed by atoms with Crippen molar-refractivity contribution in [1.29, 1.82) is 0 Å². The Labute approximate surface area is 215 Å². The number of hydrogen-bond acceptors (Lipinski definition) is 4.